The predicted molar refractivity (Wildman–Crippen MR) is 44.6 cm³/mol. The largest absolute Gasteiger partial charge is 0.198 e. The van der Waals surface area contributed by atoms with Gasteiger partial charge in [-0.3, -0.25) is 0 Å². The molecule has 0 aromatic carbocycles. The molecule has 0 radical (unpaired) electrons. The van der Waals surface area contributed by atoms with Gasteiger partial charge >= 0.3 is 0 Å². The molecule has 11 heavy (non-hydrogen) atoms. The zero-order valence-electron chi connectivity index (χ0n) is 6.98. The summed E-state index contributed by atoms with van der Waals surface area (Å²) in [7, 11) is 0. The minimum Gasteiger partial charge on any atom is -0.198 e. The van der Waals surface area contributed by atoms with E-state index >= 15 is 0 Å². The van der Waals surface area contributed by atoms with Crippen LogP contribution in [0.5, 0.6) is 0 Å². The van der Waals surface area contributed by atoms with Crippen molar-refractivity contribution in [3.8, 4) is 17.9 Å². The average Bonchev–Trinajstić information content (AvgIpc) is 2.50. The van der Waals surface area contributed by atoms with Crippen molar-refractivity contribution in [1.29, 1.82) is 5.26 Å². The Bertz CT molecular complexity index is 217. The molecule has 1 aliphatic rings. The van der Waals surface area contributed by atoms with Crippen molar-refractivity contribution in [1.82, 2.24) is 0 Å². The number of nitriles is 1. The fourth-order valence-electron chi connectivity index (χ4n) is 1.64. The van der Waals surface area contributed by atoms with Crippen molar-refractivity contribution in [3.05, 3.63) is 0 Å². The molecule has 0 bridgehead atoms. The first-order valence-electron chi connectivity index (χ1n) is 4.14. The second-order valence-electron chi connectivity index (χ2n) is 3.20. The quantitative estimate of drug-likeness (QED) is 0.523. The lowest BCUT2D eigenvalue weighted by Gasteiger charge is -2.15. The van der Waals surface area contributed by atoms with Gasteiger partial charge in [0.05, 0.1) is 11.5 Å². The van der Waals surface area contributed by atoms with Crippen LogP contribution in [0.1, 0.15) is 39.0 Å². The topological polar surface area (TPSA) is 23.8 Å². The maximum absolute atomic E-state index is 8.93. The molecule has 1 aliphatic carbocycles. The smallest absolute Gasteiger partial charge is 0.0699 e. The molecule has 0 N–H and O–H groups in total. The van der Waals surface area contributed by atoms with E-state index in [1.165, 1.54) is 12.8 Å². The summed E-state index contributed by atoms with van der Waals surface area (Å²) in [4.78, 5) is 0. The summed E-state index contributed by atoms with van der Waals surface area (Å²) in [6, 6.07) is 2.41. The van der Waals surface area contributed by atoms with Crippen LogP contribution < -0.4 is 0 Å². The van der Waals surface area contributed by atoms with E-state index in [1.807, 2.05) is 6.92 Å². The summed E-state index contributed by atoms with van der Waals surface area (Å²) in [5, 5.41) is 8.93. The van der Waals surface area contributed by atoms with E-state index in [0.717, 1.165) is 19.3 Å². The summed E-state index contributed by atoms with van der Waals surface area (Å²) >= 11 is 0. The first kappa shape index (κ1) is 8.15. The van der Waals surface area contributed by atoms with E-state index in [0.29, 0.717) is 0 Å². The Balaban J connectivity index is 2.59. The van der Waals surface area contributed by atoms with Crippen LogP contribution in [-0.2, 0) is 0 Å². The first-order chi connectivity index (χ1) is 5.33. The van der Waals surface area contributed by atoms with E-state index in [4.69, 9.17) is 5.26 Å². The van der Waals surface area contributed by atoms with Gasteiger partial charge in [0, 0.05) is 6.42 Å². The van der Waals surface area contributed by atoms with E-state index in [1.54, 1.807) is 0 Å². The molecule has 0 heterocycles. The molecule has 0 aromatic rings. The number of hydrogen-bond donors (Lipinski definition) is 0. The van der Waals surface area contributed by atoms with Crippen LogP contribution in [0.4, 0.5) is 0 Å². The lowest BCUT2D eigenvalue weighted by Crippen LogP contribution is -2.11. The monoisotopic (exact) mass is 147 g/mol. The zero-order valence-corrected chi connectivity index (χ0v) is 6.98. The van der Waals surface area contributed by atoms with Crippen molar-refractivity contribution < 1.29 is 0 Å². The summed E-state index contributed by atoms with van der Waals surface area (Å²) in [6.45, 7) is 1.83. The van der Waals surface area contributed by atoms with Gasteiger partial charge in [-0.25, -0.2) is 0 Å². The van der Waals surface area contributed by atoms with Crippen LogP contribution in [0.3, 0.4) is 0 Å². The molecule has 0 unspecified atom stereocenters. The Kier molecular flexibility index (Phi) is 2.55. The summed E-state index contributed by atoms with van der Waals surface area (Å²) in [5.74, 6) is 5.86. The van der Waals surface area contributed by atoms with Gasteiger partial charge < -0.3 is 0 Å². The van der Waals surface area contributed by atoms with Crippen molar-refractivity contribution in [2.45, 2.75) is 39.0 Å². The maximum atomic E-state index is 8.93. The predicted octanol–water partition coefficient (Wildman–Crippen LogP) is 2.48. The fraction of sp³-hybridized carbons (Fsp3) is 0.700. The molecular formula is C10H13N. The van der Waals surface area contributed by atoms with Crippen LogP contribution in [0, 0.1) is 28.6 Å². The highest BCUT2D eigenvalue weighted by Gasteiger charge is 2.32. The van der Waals surface area contributed by atoms with Gasteiger partial charge in [0.1, 0.15) is 0 Å². The van der Waals surface area contributed by atoms with Crippen molar-refractivity contribution in [2.75, 3.05) is 0 Å². The highest BCUT2D eigenvalue weighted by atomic mass is 14.4. The standard InChI is InChI=1S/C10H13N/c1-2-3-6-10(9-11)7-4-5-8-10/h4-8H2,1H3. The molecule has 0 saturated heterocycles. The minimum absolute atomic E-state index is 0.0803. The summed E-state index contributed by atoms with van der Waals surface area (Å²) in [5.41, 5.74) is -0.0803. The second kappa shape index (κ2) is 3.44. The van der Waals surface area contributed by atoms with Gasteiger partial charge in [-0.2, -0.15) is 5.26 Å². The Morgan fingerprint density at radius 2 is 2.00 bits per heavy atom. The normalized spacial score (nSPS) is 20.0. The average molecular weight is 147 g/mol. The molecule has 0 spiro atoms. The SMILES string of the molecule is CC#CCC1(C#N)CCCC1. The fourth-order valence-corrected chi connectivity index (χ4v) is 1.64. The molecule has 1 saturated carbocycles. The highest BCUT2D eigenvalue weighted by Crippen LogP contribution is 2.39. The third-order valence-corrected chi connectivity index (χ3v) is 2.40. The van der Waals surface area contributed by atoms with E-state index in [-0.39, 0.29) is 5.41 Å². The lowest BCUT2D eigenvalue weighted by molar-refractivity contribution is 0.423. The molecule has 0 aliphatic heterocycles. The lowest BCUT2D eigenvalue weighted by atomic mass is 9.85. The minimum atomic E-state index is -0.0803. The van der Waals surface area contributed by atoms with E-state index < -0.39 is 0 Å². The Morgan fingerprint density at radius 1 is 1.36 bits per heavy atom. The second-order valence-corrected chi connectivity index (χ2v) is 3.20. The molecule has 1 fully saturated rings. The first-order valence-corrected chi connectivity index (χ1v) is 4.14. The third-order valence-electron chi connectivity index (χ3n) is 2.40. The van der Waals surface area contributed by atoms with Gasteiger partial charge in [-0.15, -0.1) is 11.8 Å². The third kappa shape index (κ3) is 1.75. The number of hydrogen-bond acceptors (Lipinski definition) is 1. The maximum Gasteiger partial charge on any atom is 0.0699 e. The van der Waals surface area contributed by atoms with Gasteiger partial charge in [0.25, 0.3) is 0 Å². The molecule has 0 atom stereocenters. The number of rotatable bonds is 1. The Labute approximate surface area is 68.4 Å². The molecule has 1 rings (SSSR count). The molecule has 1 nitrogen and oxygen atoms in total. The molecule has 0 amide bonds. The van der Waals surface area contributed by atoms with Crippen LogP contribution in [0.2, 0.25) is 0 Å². The van der Waals surface area contributed by atoms with Gasteiger partial charge in [-0.05, 0) is 19.8 Å². The van der Waals surface area contributed by atoms with Crippen LogP contribution in [0.25, 0.3) is 0 Å². The van der Waals surface area contributed by atoms with Gasteiger partial charge in [-0.1, -0.05) is 12.8 Å². The zero-order chi connectivity index (χ0) is 8.16. The molecule has 1 heteroatoms. The number of nitrogens with zero attached hydrogens (tertiary/aromatic N) is 1. The van der Waals surface area contributed by atoms with Crippen molar-refractivity contribution in [3.63, 3.8) is 0 Å². The van der Waals surface area contributed by atoms with Crippen LogP contribution in [0.15, 0.2) is 0 Å². The molecule has 58 valence electrons. The van der Waals surface area contributed by atoms with Crippen LogP contribution >= 0.6 is 0 Å². The Hall–Kier alpha value is -0.950. The highest BCUT2D eigenvalue weighted by molar-refractivity contribution is 5.10. The van der Waals surface area contributed by atoms with Gasteiger partial charge in [0.15, 0.2) is 0 Å². The Morgan fingerprint density at radius 3 is 2.45 bits per heavy atom. The van der Waals surface area contributed by atoms with Crippen LogP contribution in [-0.4, -0.2) is 0 Å². The van der Waals surface area contributed by atoms with Gasteiger partial charge in [0.2, 0.25) is 0 Å². The van der Waals surface area contributed by atoms with E-state index in [2.05, 4.69) is 17.9 Å². The summed E-state index contributed by atoms with van der Waals surface area (Å²) < 4.78 is 0. The molecule has 0 aromatic heterocycles. The van der Waals surface area contributed by atoms with Crippen molar-refractivity contribution in [2.24, 2.45) is 5.41 Å². The summed E-state index contributed by atoms with van der Waals surface area (Å²) in [6.07, 6.45) is 5.30. The van der Waals surface area contributed by atoms with Crippen molar-refractivity contribution >= 4 is 0 Å². The van der Waals surface area contributed by atoms with E-state index in [9.17, 15) is 0 Å². The molecular weight excluding hydrogens is 134 g/mol.